The highest BCUT2D eigenvalue weighted by atomic mass is 16.6. The van der Waals surface area contributed by atoms with Crippen LogP contribution in [0.3, 0.4) is 0 Å². The van der Waals surface area contributed by atoms with Crippen molar-refractivity contribution in [3.8, 4) is 0 Å². The summed E-state index contributed by atoms with van der Waals surface area (Å²) < 4.78 is 4.38. The number of benzene rings is 1. The van der Waals surface area contributed by atoms with E-state index < -0.39 is 0 Å². The van der Waals surface area contributed by atoms with Crippen LogP contribution in [0.4, 0.5) is 5.82 Å². The molecule has 0 aliphatic carbocycles. The summed E-state index contributed by atoms with van der Waals surface area (Å²) in [5, 5.41) is 11.7. The van der Waals surface area contributed by atoms with Gasteiger partial charge in [0.2, 0.25) is 11.5 Å². The van der Waals surface area contributed by atoms with Gasteiger partial charge in [0, 0.05) is 5.56 Å². The zero-order valence-electron chi connectivity index (χ0n) is 12.0. The van der Waals surface area contributed by atoms with Crippen LogP contribution in [0.1, 0.15) is 28.5 Å². The number of carbonyl (C=O) groups excluding carboxylic acids is 1. The molecule has 0 spiro atoms. The van der Waals surface area contributed by atoms with E-state index in [1.54, 1.807) is 0 Å². The summed E-state index contributed by atoms with van der Waals surface area (Å²) in [5.41, 5.74) is 8.07. The number of aromatic nitrogens is 2. The lowest BCUT2D eigenvalue weighted by Crippen LogP contribution is -2.84. The molecule has 5 N–H and O–H groups in total. The molecule has 112 valence electrons. The predicted octanol–water partition coefficient (Wildman–Crippen LogP) is -0.292. The minimum atomic E-state index is -0.366. The monoisotopic (exact) mass is 290 g/mol. The lowest BCUT2D eigenvalue weighted by Gasteiger charge is -2.04. The van der Waals surface area contributed by atoms with E-state index in [4.69, 9.17) is 5.73 Å². The van der Waals surface area contributed by atoms with Crippen LogP contribution < -0.4 is 16.4 Å². The number of amides is 1. The highest BCUT2D eigenvalue weighted by Gasteiger charge is 2.15. The molecule has 2 rings (SSSR count). The Hall–Kier alpha value is -2.41. The predicted molar refractivity (Wildman–Crippen MR) is 77.4 cm³/mol. The molecule has 1 heterocycles. The third-order valence-corrected chi connectivity index (χ3v) is 3.17. The Morgan fingerprint density at radius 2 is 2.00 bits per heavy atom. The van der Waals surface area contributed by atoms with Crippen molar-refractivity contribution in [2.45, 2.75) is 19.9 Å². The van der Waals surface area contributed by atoms with Gasteiger partial charge in [0.25, 0.3) is 5.91 Å². The zero-order valence-corrected chi connectivity index (χ0v) is 12.0. The topological polar surface area (TPSA) is 111 Å². The van der Waals surface area contributed by atoms with Gasteiger partial charge < -0.3 is 16.4 Å². The van der Waals surface area contributed by atoms with E-state index >= 15 is 0 Å². The number of hydrogen-bond donors (Lipinski definition) is 3. The smallest absolute Gasteiger partial charge is 0.277 e. The number of anilines is 1. The maximum Gasteiger partial charge on any atom is 0.277 e. The van der Waals surface area contributed by atoms with Gasteiger partial charge in [0.15, 0.2) is 0 Å². The van der Waals surface area contributed by atoms with Crippen LogP contribution in [-0.4, -0.2) is 29.3 Å². The largest absolute Gasteiger partial charge is 0.379 e. The lowest BCUT2D eigenvalue weighted by atomic mass is 10.1. The quantitative estimate of drug-likeness (QED) is 0.607. The van der Waals surface area contributed by atoms with Crippen molar-refractivity contribution >= 4 is 11.7 Å². The molecule has 2 aromatic rings. The molecule has 0 unspecified atom stereocenters. The number of nitrogens with one attached hydrogen (secondary N) is 1. The zero-order chi connectivity index (χ0) is 15.1. The first-order chi connectivity index (χ1) is 10.2. The molecular formula is C14H20N5O2+. The molecule has 0 aliphatic rings. The van der Waals surface area contributed by atoms with Gasteiger partial charge in [0.05, 0.1) is 13.1 Å². The number of nitrogen functional groups attached to an aromatic ring is 1. The van der Waals surface area contributed by atoms with Gasteiger partial charge in [-0.2, -0.15) is 0 Å². The van der Waals surface area contributed by atoms with Crippen LogP contribution in [0.2, 0.25) is 0 Å². The van der Waals surface area contributed by atoms with Gasteiger partial charge in [-0.05, 0) is 22.3 Å². The summed E-state index contributed by atoms with van der Waals surface area (Å²) in [6.07, 6.45) is 1.05. The molecule has 0 atom stereocenters. The van der Waals surface area contributed by atoms with Crippen LogP contribution in [0, 0.1) is 0 Å². The number of aryl methyl sites for hydroxylation is 1. The SMILES string of the molecule is CCc1ccc(C[NH2+]CCNC(=O)c2nonc2N)cc1. The molecule has 1 aromatic heterocycles. The maximum atomic E-state index is 11.7. The highest BCUT2D eigenvalue weighted by molar-refractivity contribution is 5.95. The average Bonchev–Trinajstić information content (AvgIpc) is 2.93. The minimum Gasteiger partial charge on any atom is -0.379 e. The first-order valence-corrected chi connectivity index (χ1v) is 6.96. The Morgan fingerprint density at radius 1 is 1.29 bits per heavy atom. The van der Waals surface area contributed by atoms with Crippen molar-refractivity contribution in [2.75, 3.05) is 18.8 Å². The number of carbonyl (C=O) groups is 1. The third kappa shape index (κ3) is 4.28. The van der Waals surface area contributed by atoms with Gasteiger partial charge in [-0.15, -0.1) is 0 Å². The Morgan fingerprint density at radius 3 is 2.62 bits per heavy atom. The number of hydrogen-bond acceptors (Lipinski definition) is 5. The Balaban J connectivity index is 1.65. The van der Waals surface area contributed by atoms with Gasteiger partial charge >= 0.3 is 0 Å². The molecule has 0 radical (unpaired) electrons. The van der Waals surface area contributed by atoms with E-state index in [9.17, 15) is 4.79 Å². The van der Waals surface area contributed by atoms with Crippen LogP contribution in [-0.2, 0) is 13.0 Å². The van der Waals surface area contributed by atoms with Crippen molar-refractivity contribution in [2.24, 2.45) is 0 Å². The minimum absolute atomic E-state index is 0.00694. The Bertz CT molecular complexity index is 579. The first kappa shape index (κ1) is 15.0. The second kappa shape index (κ2) is 7.39. The molecule has 7 heteroatoms. The van der Waals surface area contributed by atoms with Crippen LogP contribution in [0.5, 0.6) is 0 Å². The summed E-state index contributed by atoms with van der Waals surface area (Å²) in [5.74, 6) is -0.359. The van der Waals surface area contributed by atoms with Gasteiger partial charge in [0.1, 0.15) is 6.54 Å². The fourth-order valence-corrected chi connectivity index (χ4v) is 1.90. The first-order valence-electron chi connectivity index (χ1n) is 6.96. The summed E-state index contributed by atoms with van der Waals surface area (Å²) in [6, 6.07) is 8.56. The standard InChI is InChI=1S/C14H19N5O2/c1-2-10-3-5-11(6-4-10)9-16-7-8-17-14(20)12-13(15)19-21-18-12/h3-6,16H,2,7-9H2,1H3,(H2,15,19)(H,17,20)/p+1. The molecule has 21 heavy (non-hydrogen) atoms. The number of nitrogens with two attached hydrogens (primary N) is 2. The summed E-state index contributed by atoms with van der Waals surface area (Å²) in [6.45, 7) is 4.32. The summed E-state index contributed by atoms with van der Waals surface area (Å²) in [7, 11) is 0. The highest BCUT2D eigenvalue weighted by Crippen LogP contribution is 2.03. The van der Waals surface area contributed by atoms with E-state index in [0.29, 0.717) is 6.54 Å². The molecule has 1 aromatic carbocycles. The normalized spacial score (nSPS) is 10.5. The van der Waals surface area contributed by atoms with Crippen molar-refractivity contribution in [1.29, 1.82) is 0 Å². The molecule has 0 aliphatic heterocycles. The Labute approximate surface area is 122 Å². The average molecular weight is 290 g/mol. The fourth-order valence-electron chi connectivity index (χ4n) is 1.90. The second-order valence-corrected chi connectivity index (χ2v) is 4.71. The van der Waals surface area contributed by atoms with E-state index in [-0.39, 0.29) is 17.4 Å². The molecule has 0 saturated carbocycles. The number of quaternary nitrogens is 1. The number of rotatable bonds is 7. The van der Waals surface area contributed by atoms with E-state index in [0.717, 1.165) is 19.5 Å². The van der Waals surface area contributed by atoms with Crippen LogP contribution in [0.15, 0.2) is 28.9 Å². The second-order valence-electron chi connectivity index (χ2n) is 4.71. The molecule has 0 fully saturated rings. The Kier molecular flexibility index (Phi) is 5.28. The van der Waals surface area contributed by atoms with Crippen molar-refractivity contribution in [3.05, 3.63) is 41.1 Å². The van der Waals surface area contributed by atoms with E-state index in [2.05, 4.69) is 56.8 Å². The lowest BCUT2D eigenvalue weighted by molar-refractivity contribution is -0.668. The van der Waals surface area contributed by atoms with E-state index in [1.807, 2.05) is 0 Å². The van der Waals surface area contributed by atoms with Crippen molar-refractivity contribution in [1.82, 2.24) is 15.6 Å². The molecule has 1 amide bonds. The number of nitrogens with zero attached hydrogens (tertiary/aromatic N) is 2. The van der Waals surface area contributed by atoms with Gasteiger partial charge in [-0.25, -0.2) is 4.63 Å². The molecular weight excluding hydrogens is 270 g/mol. The van der Waals surface area contributed by atoms with Gasteiger partial charge in [-0.3, -0.25) is 4.79 Å². The van der Waals surface area contributed by atoms with Crippen LogP contribution in [0.25, 0.3) is 0 Å². The van der Waals surface area contributed by atoms with Gasteiger partial charge in [-0.1, -0.05) is 31.2 Å². The fraction of sp³-hybridized carbons (Fsp3) is 0.357. The summed E-state index contributed by atoms with van der Waals surface area (Å²) >= 11 is 0. The third-order valence-electron chi connectivity index (χ3n) is 3.17. The molecule has 7 nitrogen and oxygen atoms in total. The van der Waals surface area contributed by atoms with Crippen molar-refractivity contribution in [3.63, 3.8) is 0 Å². The van der Waals surface area contributed by atoms with E-state index in [1.165, 1.54) is 11.1 Å². The molecule has 0 bridgehead atoms. The van der Waals surface area contributed by atoms with Crippen LogP contribution >= 0.6 is 0 Å². The maximum absolute atomic E-state index is 11.7. The summed E-state index contributed by atoms with van der Waals surface area (Å²) in [4.78, 5) is 11.7. The molecule has 0 saturated heterocycles. The van der Waals surface area contributed by atoms with Crippen molar-refractivity contribution < 1.29 is 14.7 Å².